The zero-order valence-corrected chi connectivity index (χ0v) is 7.56. The Balaban J connectivity index is 2.19. The highest BCUT2D eigenvalue weighted by Crippen LogP contribution is 2.22. The van der Waals surface area contributed by atoms with Gasteiger partial charge in [0.05, 0.1) is 6.04 Å². The highest BCUT2D eigenvalue weighted by molar-refractivity contribution is 5.72. The molecule has 2 nitrogen and oxygen atoms in total. The molecule has 0 amide bonds. The topological polar surface area (TPSA) is 38.4 Å². The number of hydrogen-bond donors (Lipinski definition) is 1. The van der Waals surface area contributed by atoms with Crippen LogP contribution in [0.5, 0.6) is 0 Å². The molecule has 1 heterocycles. The van der Waals surface area contributed by atoms with E-state index in [4.69, 9.17) is 5.73 Å². The smallest absolute Gasteiger partial charge is 0.0748 e. The summed E-state index contributed by atoms with van der Waals surface area (Å²) in [6, 6.07) is 0.324. The molecule has 68 valence electrons. The summed E-state index contributed by atoms with van der Waals surface area (Å²) in [7, 11) is 0. The number of hydrogen-bond acceptors (Lipinski definition) is 2. The number of nitrogens with two attached hydrogens (primary N) is 1. The van der Waals surface area contributed by atoms with E-state index >= 15 is 0 Å². The molecule has 0 spiro atoms. The van der Waals surface area contributed by atoms with E-state index in [-0.39, 0.29) is 0 Å². The van der Waals surface area contributed by atoms with Gasteiger partial charge in [0.1, 0.15) is 0 Å². The summed E-state index contributed by atoms with van der Waals surface area (Å²) in [4.78, 5) is 4.41. The maximum absolute atomic E-state index is 5.59. The lowest BCUT2D eigenvalue weighted by Gasteiger charge is -2.17. The van der Waals surface area contributed by atoms with Crippen molar-refractivity contribution in [3.8, 4) is 0 Å². The van der Waals surface area contributed by atoms with E-state index in [1.165, 1.54) is 5.57 Å². The van der Waals surface area contributed by atoms with Crippen LogP contribution >= 0.6 is 0 Å². The maximum Gasteiger partial charge on any atom is 0.0748 e. The summed E-state index contributed by atoms with van der Waals surface area (Å²) in [6.07, 6.45) is 13.6. The van der Waals surface area contributed by atoms with Crippen molar-refractivity contribution in [2.24, 2.45) is 16.6 Å². The lowest BCUT2D eigenvalue weighted by atomic mass is 9.95. The van der Waals surface area contributed by atoms with Crippen molar-refractivity contribution in [3.05, 3.63) is 36.0 Å². The van der Waals surface area contributed by atoms with Crippen molar-refractivity contribution in [2.45, 2.75) is 12.5 Å². The average molecular weight is 174 g/mol. The van der Waals surface area contributed by atoms with Gasteiger partial charge in [-0.25, -0.2) is 0 Å². The van der Waals surface area contributed by atoms with Gasteiger partial charge in [-0.1, -0.05) is 24.3 Å². The SMILES string of the molecule is NCC1=CCC2C=CC=NC2C=C1. The van der Waals surface area contributed by atoms with Crippen LogP contribution in [0.1, 0.15) is 6.42 Å². The number of aliphatic imine (C=N–C) groups is 1. The fourth-order valence-corrected chi connectivity index (χ4v) is 1.71. The second-order valence-electron chi connectivity index (χ2n) is 3.42. The first-order valence-electron chi connectivity index (χ1n) is 4.67. The van der Waals surface area contributed by atoms with Gasteiger partial charge in [0.15, 0.2) is 0 Å². The molecule has 2 N–H and O–H groups in total. The molecule has 2 rings (SSSR count). The Hall–Kier alpha value is -1.15. The van der Waals surface area contributed by atoms with Gasteiger partial charge in [-0.15, -0.1) is 0 Å². The highest BCUT2D eigenvalue weighted by Gasteiger charge is 2.17. The predicted molar refractivity (Wildman–Crippen MR) is 55.8 cm³/mol. The Morgan fingerprint density at radius 2 is 2.38 bits per heavy atom. The Morgan fingerprint density at radius 3 is 3.23 bits per heavy atom. The van der Waals surface area contributed by atoms with Crippen molar-refractivity contribution < 1.29 is 0 Å². The van der Waals surface area contributed by atoms with E-state index in [1.807, 2.05) is 12.3 Å². The van der Waals surface area contributed by atoms with Gasteiger partial charge in [-0.3, -0.25) is 4.99 Å². The monoisotopic (exact) mass is 174 g/mol. The largest absolute Gasteiger partial charge is 0.327 e. The van der Waals surface area contributed by atoms with E-state index in [1.54, 1.807) is 0 Å². The summed E-state index contributed by atoms with van der Waals surface area (Å²) in [5.74, 6) is 0.533. The summed E-state index contributed by atoms with van der Waals surface area (Å²) < 4.78 is 0. The molecule has 0 saturated heterocycles. The lowest BCUT2D eigenvalue weighted by Crippen LogP contribution is -2.15. The van der Waals surface area contributed by atoms with Gasteiger partial charge in [0, 0.05) is 18.7 Å². The molecular formula is C11H14N2. The van der Waals surface area contributed by atoms with Crippen molar-refractivity contribution in [1.82, 2.24) is 0 Å². The number of dihydropyridines is 1. The van der Waals surface area contributed by atoms with Crippen LogP contribution in [0.25, 0.3) is 0 Å². The summed E-state index contributed by atoms with van der Waals surface area (Å²) in [5, 5.41) is 0. The van der Waals surface area contributed by atoms with Crippen LogP contribution in [0, 0.1) is 5.92 Å². The Kier molecular flexibility index (Phi) is 2.41. The molecule has 2 heteroatoms. The molecular weight excluding hydrogens is 160 g/mol. The lowest BCUT2D eigenvalue weighted by molar-refractivity contribution is 0.586. The van der Waals surface area contributed by atoms with E-state index in [0.29, 0.717) is 18.5 Å². The van der Waals surface area contributed by atoms with Crippen LogP contribution in [0.2, 0.25) is 0 Å². The minimum atomic E-state index is 0.324. The molecule has 0 aromatic rings. The number of fused-ring (bicyclic) bond motifs is 1. The van der Waals surface area contributed by atoms with Crippen LogP contribution in [-0.2, 0) is 0 Å². The molecule has 0 aromatic carbocycles. The standard InChI is InChI=1S/C11H14N2/c12-8-9-3-5-10-2-1-7-13-11(10)6-4-9/h1-4,6-7,10-11H,5,8,12H2. The first-order valence-corrected chi connectivity index (χ1v) is 4.67. The summed E-state index contributed by atoms with van der Waals surface area (Å²) in [6.45, 7) is 0.628. The molecule has 2 unspecified atom stereocenters. The fourth-order valence-electron chi connectivity index (χ4n) is 1.71. The number of rotatable bonds is 1. The molecule has 0 fully saturated rings. The highest BCUT2D eigenvalue weighted by atomic mass is 14.8. The molecule has 1 aliphatic carbocycles. The van der Waals surface area contributed by atoms with Crippen LogP contribution in [0.4, 0.5) is 0 Å². The molecule has 13 heavy (non-hydrogen) atoms. The third kappa shape index (κ3) is 1.78. The molecule has 0 radical (unpaired) electrons. The Bertz CT molecular complexity index is 297. The minimum absolute atomic E-state index is 0.324. The van der Waals surface area contributed by atoms with Crippen LogP contribution in [0.3, 0.4) is 0 Å². The first-order chi connectivity index (χ1) is 6.40. The van der Waals surface area contributed by atoms with E-state index in [0.717, 1.165) is 6.42 Å². The summed E-state index contributed by atoms with van der Waals surface area (Å²) >= 11 is 0. The van der Waals surface area contributed by atoms with Crippen molar-refractivity contribution >= 4 is 6.21 Å². The van der Waals surface area contributed by atoms with Crippen molar-refractivity contribution in [1.29, 1.82) is 0 Å². The van der Waals surface area contributed by atoms with Gasteiger partial charge in [0.25, 0.3) is 0 Å². The average Bonchev–Trinajstić information content (AvgIpc) is 2.39. The van der Waals surface area contributed by atoms with Gasteiger partial charge in [0.2, 0.25) is 0 Å². The van der Waals surface area contributed by atoms with E-state index in [2.05, 4.69) is 29.3 Å². The quantitative estimate of drug-likeness (QED) is 0.642. The molecule has 2 atom stereocenters. The van der Waals surface area contributed by atoms with Crippen LogP contribution in [0.15, 0.2) is 40.9 Å². The number of allylic oxidation sites excluding steroid dienone is 2. The molecule has 2 aliphatic rings. The van der Waals surface area contributed by atoms with Crippen molar-refractivity contribution in [3.63, 3.8) is 0 Å². The van der Waals surface area contributed by atoms with Gasteiger partial charge in [-0.05, 0) is 18.1 Å². The Labute approximate surface area is 78.5 Å². The van der Waals surface area contributed by atoms with E-state index < -0.39 is 0 Å². The molecule has 1 aliphatic heterocycles. The summed E-state index contributed by atoms with van der Waals surface area (Å²) in [5.41, 5.74) is 6.81. The maximum atomic E-state index is 5.59. The van der Waals surface area contributed by atoms with Crippen LogP contribution in [-0.4, -0.2) is 18.8 Å². The molecule has 0 saturated carbocycles. The Morgan fingerprint density at radius 1 is 1.46 bits per heavy atom. The second-order valence-corrected chi connectivity index (χ2v) is 3.42. The number of nitrogens with zero attached hydrogens (tertiary/aromatic N) is 1. The van der Waals surface area contributed by atoms with E-state index in [9.17, 15) is 0 Å². The molecule has 0 aromatic heterocycles. The zero-order chi connectivity index (χ0) is 9.10. The predicted octanol–water partition coefficient (Wildman–Crippen LogP) is 1.46. The third-order valence-electron chi connectivity index (χ3n) is 2.54. The first kappa shape index (κ1) is 8.45. The minimum Gasteiger partial charge on any atom is -0.327 e. The third-order valence-corrected chi connectivity index (χ3v) is 2.54. The van der Waals surface area contributed by atoms with Gasteiger partial charge >= 0.3 is 0 Å². The zero-order valence-electron chi connectivity index (χ0n) is 7.56. The fraction of sp³-hybridized carbons (Fsp3) is 0.364. The van der Waals surface area contributed by atoms with Crippen molar-refractivity contribution in [2.75, 3.05) is 6.54 Å². The normalized spacial score (nSPS) is 31.0. The van der Waals surface area contributed by atoms with Gasteiger partial charge < -0.3 is 5.73 Å². The van der Waals surface area contributed by atoms with Crippen LogP contribution < -0.4 is 5.73 Å². The van der Waals surface area contributed by atoms with Gasteiger partial charge in [-0.2, -0.15) is 0 Å². The second kappa shape index (κ2) is 3.71. The molecule has 0 bridgehead atoms.